The minimum Gasteiger partial charge on any atom is -0.313 e. The Kier molecular flexibility index (Phi) is 5.28. The summed E-state index contributed by atoms with van der Waals surface area (Å²) >= 11 is 15.9. The van der Waals surface area contributed by atoms with Gasteiger partial charge in [-0.25, -0.2) is 0 Å². The molecule has 0 spiro atoms. The molecule has 1 unspecified atom stereocenters. The van der Waals surface area contributed by atoms with E-state index in [0.29, 0.717) is 0 Å². The Labute approximate surface area is 132 Å². The fourth-order valence-electron chi connectivity index (χ4n) is 2.03. The van der Waals surface area contributed by atoms with Gasteiger partial charge in [0.1, 0.15) is 0 Å². The molecule has 0 aliphatic rings. The lowest BCUT2D eigenvalue weighted by molar-refractivity contribution is 0.592. The second-order valence-electron chi connectivity index (χ2n) is 4.30. The van der Waals surface area contributed by atoms with Gasteiger partial charge in [-0.3, -0.25) is 0 Å². The Hall–Kier alpha value is -0.540. The van der Waals surface area contributed by atoms with Crippen LogP contribution in [-0.4, -0.2) is 7.05 Å². The van der Waals surface area contributed by atoms with Crippen LogP contribution in [-0.2, 0) is 6.42 Å². The first-order valence-corrected chi connectivity index (χ1v) is 7.52. The van der Waals surface area contributed by atoms with E-state index in [9.17, 15) is 0 Å². The first-order chi connectivity index (χ1) is 9.11. The Balaban J connectivity index is 2.27. The summed E-state index contributed by atoms with van der Waals surface area (Å²) in [6.45, 7) is 0. The van der Waals surface area contributed by atoms with Crippen molar-refractivity contribution in [1.82, 2.24) is 5.32 Å². The lowest BCUT2D eigenvalue weighted by atomic mass is 9.99. The molecule has 0 aliphatic heterocycles. The van der Waals surface area contributed by atoms with Crippen molar-refractivity contribution in [2.45, 2.75) is 12.5 Å². The Morgan fingerprint density at radius 1 is 1.11 bits per heavy atom. The van der Waals surface area contributed by atoms with Crippen LogP contribution in [0, 0.1) is 0 Å². The summed E-state index contributed by atoms with van der Waals surface area (Å²) in [6.07, 6.45) is 0.798. The molecule has 0 aliphatic carbocycles. The lowest BCUT2D eigenvalue weighted by Gasteiger charge is -2.19. The summed E-state index contributed by atoms with van der Waals surface area (Å²) in [7, 11) is 1.93. The minimum atomic E-state index is 0.146. The number of halogens is 3. The maximum absolute atomic E-state index is 6.27. The predicted molar refractivity (Wildman–Crippen MR) is 86.1 cm³/mol. The lowest BCUT2D eigenvalue weighted by Crippen LogP contribution is -2.19. The van der Waals surface area contributed by atoms with Gasteiger partial charge in [-0.15, -0.1) is 0 Å². The SMILES string of the molecule is CNC(Cc1ccc(Br)cc1Cl)c1ccccc1Cl. The van der Waals surface area contributed by atoms with Crippen molar-refractivity contribution < 1.29 is 0 Å². The van der Waals surface area contributed by atoms with Crippen LogP contribution in [0.3, 0.4) is 0 Å². The van der Waals surface area contributed by atoms with Crippen LogP contribution in [0.15, 0.2) is 46.9 Å². The number of rotatable bonds is 4. The number of likely N-dealkylation sites (N-methyl/N-ethyl adjacent to an activating group) is 1. The highest BCUT2D eigenvalue weighted by Gasteiger charge is 2.14. The second-order valence-corrected chi connectivity index (χ2v) is 6.03. The summed E-state index contributed by atoms with van der Waals surface area (Å²) < 4.78 is 0.986. The van der Waals surface area contributed by atoms with Crippen LogP contribution in [0.25, 0.3) is 0 Å². The molecule has 100 valence electrons. The molecule has 1 N–H and O–H groups in total. The molecule has 2 aromatic rings. The van der Waals surface area contributed by atoms with E-state index in [1.54, 1.807) is 0 Å². The maximum atomic E-state index is 6.27. The molecule has 4 heteroatoms. The van der Waals surface area contributed by atoms with Gasteiger partial charge in [0.05, 0.1) is 0 Å². The number of nitrogens with one attached hydrogen (secondary N) is 1. The highest BCUT2D eigenvalue weighted by molar-refractivity contribution is 9.10. The molecule has 0 amide bonds. The molecule has 0 fully saturated rings. The normalized spacial score (nSPS) is 12.4. The van der Waals surface area contributed by atoms with E-state index in [4.69, 9.17) is 23.2 Å². The van der Waals surface area contributed by atoms with Gasteiger partial charge >= 0.3 is 0 Å². The number of hydrogen-bond donors (Lipinski definition) is 1. The molecule has 0 saturated heterocycles. The molecular weight excluding hydrogens is 345 g/mol. The summed E-state index contributed by atoms with van der Waals surface area (Å²) in [6, 6.07) is 14.0. The zero-order valence-corrected chi connectivity index (χ0v) is 13.6. The Bertz CT molecular complexity index is 572. The summed E-state index contributed by atoms with van der Waals surface area (Å²) in [5.41, 5.74) is 2.19. The van der Waals surface area contributed by atoms with Crippen molar-refractivity contribution in [2.75, 3.05) is 7.05 Å². The molecule has 0 bridgehead atoms. The Morgan fingerprint density at radius 2 is 1.84 bits per heavy atom. The molecule has 1 atom stereocenters. The molecule has 0 heterocycles. The van der Waals surface area contributed by atoms with Gasteiger partial charge in [-0.1, -0.05) is 63.4 Å². The average molecular weight is 359 g/mol. The van der Waals surface area contributed by atoms with Gasteiger partial charge in [0.25, 0.3) is 0 Å². The molecule has 0 radical (unpaired) electrons. The predicted octanol–water partition coefficient (Wildman–Crippen LogP) is 5.26. The minimum absolute atomic E-state index is 0.146. The van der Waals surface area contributed by atoms with Gasteiger partial charge in [0.2, 0.25) is 0 Å². The molecule has 2 rings (SSSR count). The van der Waals surface area contributed by atoms with Crippen LogP contribution >= 0.6 is 39.1 Å². The van der Waals surface area contributed by atoms with Crippen molar-refractivity contribution in [3.05, 3.63) is 68.1 Å². The zero-order valence-electron chi connectivity index (χ0n) is 10.5. The van der Waals surface area contributed by atoms with E-state index >= 15 is 0 Å². The van der Waals surface area contributed by atoms with E-state index < -0.39 is 0 Å². The van der Waals surface area contributed by atoms with Gasteiger partial charge in [0.15, 0.2) is 0 Å². The van der Waals surface area contributed by atoms with Crippen LogP contribution in [0.4, 0.5) is 0 Å². The smallest absolute Gasteiger partial charge is 0.0453 e. The third-order valence-electron chi connectivity index (χ3n) is 3.07. The van der Waals surface area contributed by atoms with Gasteiger partial charge < -0.3 is 5.32 Å². The van der Waals surface area contributed by atoms with Crippen LogP contribution in [0.5, 0.6) is 0 Å². The van der Waals surface area contributed by atoms with E-state index in [0.717, 1.165) is 32.1 Å². The maximum Gasteiger partial charge on any atom is 0.0453 e. The molecular formula is C15H14BrCl2N. The number of benzene rings is 2. The Morgan fingerprint density at radius 3 is 2.47 bits per heavy atom. The van der Waals surface area contributed by atoms with E-state index in [-0.39, 0.29) is 6.04 Å². The summed E-state index contributed by atoms with van der Waals surface area (Å²) in [4.78, 5) is 0. The van der Waals surface area contributed by atoms with Crippen molar-refractivity contribution >= 4 is 39.1 Å². The van der Waals surface area contributed by atoms with E-state index in [1.165, 1.54) is 0 Å². The first-order valence-electron chi connectivity index (χ1n) is 5.97. The van der Waals surface area contributed by atoms with E-state index in [2.05, 4.69) is 21.2 Å². The van der Waals surface area contributed by atoms with Crippen molar-refractivity contribution in [3.63, 3.8) is 0 Å². The topological polar surface area (TPSA) is 12.0 Å². The fraction of sp³-hybridized carbons (Fsp3) is 0.200. The monoisotopic (exact) mass is 357 g/mol. The molecule has 1 nitrogen and oxygen atoms in total. The quantitative estimate of drug-likeness (QED) is 0.786. The molecule has 0 saturated carbocycles. The van der Waals surface area contributed by atoms with Crippen molar-refractivity contribution in [1.29, 1.82) is 0 Å². The number of hydrogen-bond acceptors (Lipinski definition) is 1. The fourth-order valence-corrected chi connectivity index (χ4v) is 3.05. The van der Waals surface area contributed by atoms with Crippen LogP contribution in [0.1, 0.15) is 17.2 Å². The zero-order chi connectivity index (χ0) is 13.8. The molecule has 0 aromatic heterocycles. The standard InChI is InChI=1S/C15H14BrCl2N/c1-19-15(12-4-2-3-5-13(12)17)8-10-6-7-11(16)9-14(10)18/h2-7,9,15,19H,8H2,1H3. The van der Waals surface area contributed by atoms with Gasteiger partial charge in [-0.05, 0) is 42.8 Å². The third-order valence-corrected chi connectivity index (χ3v) is 4.26. The average Bonchev–Trinajstić information content (AvgIpc) is 2.39. The van der Waals surface area contributed by atoms with Gasteiger partial charge in [0, 0.05) is 20.6 Å². The highest BCUT2D eigenvalue weighted by atomic mass is 79.9. The van der Waals surface area contributed by atoms with Gasteiger partial charge in [-0.2, -0.15) is 0 Å². The van der Waals surface area contributed by atoms with Crippen LogP contribution < -0.4 is 5.32 Å². The first kappa shape index (κ1) is 14.9. The second kappa shape index (κ2) is 6.76. The van der Waals surface area contributed by atoms with Crippen molar-refractivity contribution in [2.24, 2.45) is 0 Å². The summed E-state index contributed by atoms with van der Waals surface area (Å²) in [5, 5.41) is 4.83. The summed E-state index contributed by atoms with van der Waals surface area (Å²) in [5.74, 6) is 0. The highest BCUT2D eigenvalue weighted by Crippen LogP contribution is 2.29. The third kappa shape index (κ3) is 3.73. The molecule has 2 aromatic carbocycles. The van der Waals surface area contributed by atoms with Crippen molar-refractivity contribution in [3.8, 4) is 0 Å². The van der Waals surface area contributed by atoms with Crippen LogP contribution in [0.2, 0.25) is 10.0 Å². The largest absolute Gasteiger partial charge is 0.313 e. The van der Waals surface area contributed by atoms with E-state index in [1.807, 2.05) is 49.5 Å². The molecule has 19 heavy (non-hydrogen) atoms.